The number of aromatic nitrogens is 3. The fourth-order valence-corrected chi connectivity index (χ4v) is 3.83. The molecule has 32 heavy (non-hydrogen) atoms. The number of ether oxygens (including phenoxy) is 1. The van der Waals surface area contributed by atoms with Crippen LogP contribution in [0.4, 0.5) is 13.2 Å². The Balaban J connectivity index is 2.16. The number of fused-ring (bicyclic) bond motifs is 1. The van der Waals surface area contributed by atoms with E-state index in [1.807, 2.05) is 19.1 Å². The van der Waals surface area contributed by atoms with Gasteiger partial charge in [-0.3, -0.25) is 14.3 Å². The minimum absolute atomic E-state index is 0.0797. The first-order chi connectivity index (χ1) is 15.2. The standard InChI is InChI=1S/C23H18F3N3O2S/c1-3-13-8-10-14(11-9-13)16-12-15(23(24,25)26)19-20(27-16)29(22(32)28-21(19)30)17-6-4-5-7-18(17)31-2/h4-12H,3H2,1-2H3,(H,28,30,32). The highest BCUT2D eigenvalue weighted by atomic mass is 32.1. The number of nitrogens with zero attached hydrogens (tertiary/aromatic N) is 2. The first-order valence-corrected chi connectivity index (χ1v) is 10.2. The van der Waals surface area contributed by atoms with Crippen LogP contribution < -0.4 is 10.3 Å². The summed E-state index contributed by atoms with van der Waals surface area (Å²) < 4.78 is 48.7. The zero-order chi connectivity index (χ0) is 23.0. The largest absolute Gasteiger partial charge is 0.495 e. The van der Waals surface area contributed by atoms with Crippen molar-refractivity contribution >= 4 is 23.3 Å². The third kappa shape index (κ3) is 3.80. The van der Waals surface area contributed by atoms with Crippen molar-refractivity contribution in [3.63, 3.8) is 0 Å². The van der Waals surface area contributed by atoms with Gasteiger partial charge in [0.25, 0.3) is 5.56 Å². The van der Waals surface area contributed by atoms with E-state index in [0.717, 1.165) is 18.1 Å². The van der Waals surface area contributed by atoms with Crippen molar-refractivity contribution in [1.82, 2.24) is 14.5 Å². The summed E-state index contributed by atoms with van der Waals surface area (Å²) in [7, 11) is 1.44. The van der Waals surface area contributed by atoms with E-state index in [9.17, 15) is 18.0 Å². The lowest BCUT2D eigenvalue weighted by Gasteiger charge is -2.17. The van der Waals surface area contributed by atoms with Crippen molar-refractivity contribution < 1.29 is 17.9 Å². The van der Waals surface area contributed by atoms with E-state index in [-0.39, 0.29) is 16.1 Å². The molecule has 0 bridgehead atoms. The van der Waals surface area contributed by atoms with Crippen LogP contribution in [0.15, 0.2) is 59.4 Å². The average Bonchev–Trinajstić information content (AvgIpc) is 2.78. The van der Waals surface area contributed by atoms with Gasteiger partial charge in [-0.15, -0.1) is 0 Å². The third-order valence-electron chi connectivity index (χ3n) is 5.15. The maximum atomic E-state index is 14.1. The summed E-state index contributed by atoms with van der Waals surface area (Å²) in [4.78, 5) is 19.4. The van der Waals surface area contributed by atoms with Gasteiger partial charge in [-0.05, 0) is 42.4 Å². The lowest BCUT2D eigenvalue weighted by atomic mass is 10.0. The van der Waals surface area contributed by atoms with Crippen LogP contribution in [0.2, 0.25) is 0 Å². The summed E-state index contributed by atoms with van der Waals surface area (Å²) in [5, 5.41) is -0.592. The van der Waals surface area contributed by atoms with Crippen LogP contribution in [0.5, 0.6) is 5.75 Å². The smallest absolute Gasteiger partial charge is 0.417 e. The quantitative estimate of drug-likeness (QED) is 0.400. The van der Waals surface area contributed by atoms with Gasteiger partial charge >= 0.3 is 6.18 Å². The van der Waals surface area contributed by atoms with E-state index in [1.54, 1.807) is 36.4 Å². The van der Waals surface area contributed by atoms with Crippen LogP contribution in [0, 0.1) is 4.77 Å². The number of aromatic amines is 1. The first-order valence-electron chi connectivity index (χ1n) is 9.74. The molecule has 9 heteroatoms. The van der Waals surface area contributed by atoms with E-state index in [0.29, 0.717) is 17.0 Å². The van der Waals surface area contributed by atoms with Gasteiger partial charge in [-0.1, -0.05) is 43.3 Å². The Hall–Kier alpha value is -3.46. The second-order valence-electron chi connectivity index (χ2n) is 7.07. The van der Waals surface area contributed by atoms with Crippen LogP contribution in [0.3, 0.4) is 0 Å². The molecule has 0 aliphatic rings. The Morgan fingerprint density at radius 1 is 1.12 bits per heavy atom. The van der Waals surface area contributed by atoms with Gasteiger partial charge < -0.3 is 4.74 Å². The summed E-state index contributed by atoms with van der Waals surface area (Å²) in [5.74, 6) is 0.366. The minimum atomic E-state index is -4.78. The number of hydrogen-bond acceptors (Lipinski definition) is 4. The van der Waals surface area contributed by atoms with Gasteiger partial charge in [0.1, 0.15) is 5.75 Å². The fraction of sp³-hybridized carbons (Fsp3) is 0.174. The molecule has 0 aliphatic carbocycles. The number of pyridine rings is 1. The molecule has 0 saturated carbocycles. The highest BCUT2D eigenvalue weighted by molar-refractivity contribution is 7.71. The van der Waals surface area contributed by atoms with Crippen LogP contribution >= 0.6 is 12.2 Å². The second kappa shape index (κ2) is 8.23. The molecule has 164 valence electrons. The molecule has 2 aromatic carbocycles. The van der Waals surface area contributed by atoms with Crippen molar-refractivity contribution in [1.29, 1.82) is 0 Å². The number of aryl methyl sites for hydroxylation is 1. The normalized spacial score (nSPS) is 11.7. The minimum Gasteiger partial charge on any atom is -0.495 e. The summed E-state index contributed by atoms with van der Waals surface area (Å²) in [5.41, 5.74) is -0.267. The molecule has 0 aliphatic heterocycles. The van der Waals surface area contributed by atoms with Gasteiger partial charge in [0.15, 0.2) is 10.4 Å². The molecule has 5 nitrogen and oxygen atoms in total. The highest BCUT2D eigenvalue weighted by Gasteiger charge is 2.35. The number of halogens is 3. The van der Waals surface area contributed by atoms with Crippen molar-refractivity contribution in [3.8, 4) is 22.7 Å². The summed E-state index contributed by atoms with van der Waals surface area (Å²) >= 11 is 5.32. The molecule has 0 atom stereocenters. The Kier molecular flexibility index (Phi) is 5.60. The molecular formula is C23H18F3N3O2S. The SMILES string of the molecule is CCc1ccc(-c2cc(C(F)(F)F)c3c(=O)[nH]c(=S)n(-c4ccccc4OC)c3n2)cc1. The zero-order valence-electron chi connectivity index (χ0n) is 17.2. The van der Waals surface area contributed by atoms with Crippen LogP contribution in [0.25, 0.3) is 28.0 Å². The predicted octanol–water partition coefficient (Wildman–Crippen LogP) is 5.70. The van der Waals surface area contributed by atoms with Crippen molar-refractivity contribution in [2.45, 2.75) is 19.5 Å². The Morgan fingerprint density at radius 3 is 2.44 bits per heavy atom. The molecule has 0 fully saturated rings. The molecule has 2 aromatic heterocycles. The van der Waals surface area contributed by atoms with E-state index in [4.69, 9.17) is 17.0 Å². The first kappa shape index (κ1) is 21.8. The molecule has 1 N–H and O–H groups in total. The van der Waals surface area contributed by atoms with Crippen molar-refractivity contribution in [3.05, 3.63) is 80.8 Å². The van der Waals surface area contributed by atoms with Crippen molar-refractivity contribution in [2.75, 3.05) is 7.11 Å². The number of benzene rings is 2. The second-order valence-corrected chi connectivity index (χ2v) is 7.46. The van der Waals surface area contributed by atoms with E-state index in [2.05, 4.69) is 9.97 Å². The number of methoxy groups -OCH3 is 1. The van der Waals surface area contributed by atoms with Crippen LogP contribution in [-0.2, 0) is 12.6 Å². The molecular weight excluding hydrogens is 439 g/mol. The molecule has 4 aromatic rings. The number of hydrogen-bond donors (Lipinski definition) is 1. The number of alkyl halides is 3. The fourth-order valence-electron chi connectivity index (χ4n) is 3.55. The van der Waals surface area contributed by atoms with E-state index in [1.165, 1.54) is 11.7 Å². The molecule has 0 unspecified atom stereocenters. The molecule has 4 rings (SSSR count). The van der Waals surface area contributed by atoms with E-state index >= 15 is 0 Å². The van der Waals surface area contributed by atoms with Crippen molar-refractivity contribution in [2.24, 2.45) is 0 Å². The van der Waals surface area contributed by atoms with Gasteiger partial charge in [-0.25, -0.2) is 4.98 Å². The van der Waals surface area contributed by atoms with E-state index < -0.39 is 22.7 Å². The summed E-state index contributed by atoms with van der Waals surface area (Å²) in [6.45, 7) is 1.98. The Bertz CT molecular complexity index is 1420. The van der Waals surface area contributed by atoms with Gasteiger partial charge in [0, 0.05) is 5.56 Å². The van der Waals surface area contributed by atoms with Crippen LogP contribution in [-0.4, -0.2) is 21.6 Å². The molecule has 2 heterocycles. The monoisotopic (exact) mass is 457 g/mol. The molecule has 0 radical (unpaired) electrons. The lowest BCUT2D eigenvalue weighted by molar-refractivity contribution is -0.136. The summed E-state index contributed by atoms with van der Waals surface area (Å²) in [6.07, 6.45) is -3.99. The van der Waals surface area contributed by atoms with Gasteiger partial charge in [-0.2, -0.15) is 13.2 Å². The number of rotatable bonds is 4. The number of para-hydroxylation sites is 2. The predicted molar refractivity (Wildman–Crippen MR) is 119 cm³/mol. The topological polar surface area (TPSA) is 59.9 Å². The Labute approximate surface area is 186 Å². The maximum absolute atomic E-state index is 14.1. The zero-order valence-corrected chi connectivity index (χ0v) is 18.0. The van der Waals surface area contributed by atoms with Gasteiger partial charge in [0.05, 0.1) is 29.4 Å². The summed E-state index contributed by atoms with van der Waals surface area (Å²) in [6, 6.07) is 14.7. The maximum Gasteiger partial charge on any atom is 0.417 e. The Morgan fingerprint density at radius 2 is 1.81 bits per heavy atom. The lowest BCUT2D eigenvalue weighted by Crippen LogP contribution is -2.20. The molecule has 0 spiro atoms. The number of H-pyrrole nitrogens is 1. The molecule has 0 saturated heterocycles. The third-order valence-corrected chi connectivity index (χ3v) is 5.44. The highest BCUT2D eigenvalue weighted by Crippen LogP contribution is 2.36. The number of nitrogens with one attached hydrogen (secondary N) is 1. The van der Waals surface area contributed by atoms with Gasteiger partial charge in [0.2, 0.25) is 0 Å². The average molecular weight is 457 g/mol. The van der Waals surface area contributed by atoms with Crippen LogP contribution in [0.1, 0.15) is 18.1 Å². The molecule has 0 amide bonds.